The molecular formula is C14H14N2O2. The van der Waals surface area contributed by atoms with Crippen molar-refractivity contribution < 1.29 is 9.59 Å². The first kappa shape index (κ1) is 11.0. The van der Waals surface area contributed by atoms with Gasteiger partial charge in [0.05, 0.1) is 5.92 Å². The molecule has 3 rings (SSSR count). The predicted molar refractivity (Wildman–Crippen MR) is 66.2 cm³/mol. The summed E-state index contributed by atoms with van der Waals surface area (Å²) in [7, 11) is 1.55. The smallest absolute Gasteiger partial charge is 0.258 e. The lowest BCUT2D eigenvalue weighted by Gasteiger charge is -2.18. The molecule has 0 radical (unpaired) electrons. The van der Waals surface area contributed by atoms with Gasteiger partial charge in [0.1, 0.15) is 0 Å². The van der Waals surface area contributed by atoms with Gasteiger partial charge in [0.2, 0.25) is 5.91 Å². The average Bonchev–Trinajstić information content (AvgIpc) is 2.88. The zero-order valence-corrected chi connectivity index (χ0v) is 10.2. The molecule has 2 heterocycles. The minimum absolute atomic E-state index is 0.0817. The molecule has 0 spiro atoms. The van der Waals surface area contributed by atoms with Crippen LogP contribution in [0.2, 0.25) is 0 Å². The van der Waals surface area contributed by atoms with Crippen LogP contribution in [0.15, 0.2) is 42.1 Å². The second kappa shape index (κ2) is 3.98. The highest BCUT2D eigenvalue weighted by Crippen LogP contribution is 2.31. The van der Waals surface area contributed by atoms with E-state index in [-0.39, 0.29) is 17.7 Å². The Hall–Kier alpha value is -2.10. The number of imide groups is 1. The minimum atomic E-state index is -0.258. The van der Waals surface area contributed by atoms with Gasteiger partial charge in [0.25, 0.3) is 5.91 Å². The Morgan fingerprint density at radius 2 is 1.94 bits per heavy atom. The second-order valence-electron chi connectivity index (χ2n) is 4.75. The zero-order chi connectivity index (χ0) is 12.7. The van der Waals surface area contributed by atoms with E-state index in [1.807, 2.05) is 41.4 Å². The summed E-state index contributed by atoms with van der Waals surface area (Å²) in [6.07, 6.45) is 1.83. The number of carbonyl (C=O) groups excluding carboxylic acids is 2. The van der Waals surface area contributed by atoms with Crippen molar-refractivity contribution in [3.8, 4) is 0 Å². The van der Waals surface area contributed by atoms with Gasteiger partial charge in [-0.25, -0.2) is 0 Å². The van der Waals surface area contributed by atoms with Gasteiger partial charge in [-0.2, -0.15) is 0 Å². The van der Waals surface area contributed by atoms with Gasteiger partial charge in [0, 0.05) is 31.9 Å². The fraction of sp³-hybridized carbons (Fsp3) is 0.286. The summed E-state index contributed by atoms with van der Waals surface area (Å²) in [4.78, 5) is 26.9. The van der Waals surface area contributed by atoms with Crippen molar-refractivity contribution in [1.29, 1.82) is 0 Å². The first-order valence-electron chi connectivity index (χ1n) is 5.98. The molecule has 2 aliphatic heterocycles. The number of rotatable bonds is 2. The molecule has 2 amide bonds. The van der Waals surface area contributed by atoms with Gasteiger partial charge in [-0.05, 0) is 5.56 Å². The molecule has 0 saturated carbocycles. The summed E-state index contributed by atoms with van der Waals surface area (Å²) in [5.74, 6) is -0.492. The molecule has 1 saturated heterocycles. The Morgan fingerprint density at radius 3 is 2.61 bits per heavy atom. The summed E-state index contributed by atoms with van der Waals surface area (Å²) in [6.45, 7) is 1.35. The number of nitrogens with zero attached hydrogens (tertiary/aromatic N) is 2. The van der Waals surface area contributed by atoms with Gasteiger partial charge >= 0.3 is 0 Å². The number of amides is 2. The molecule has 1 atom stereocenters. The van der Waals surface area contributed by atoms with Crippen LogP contribution in [-0.2, 0) is 16.1 Å². The molecule has 4 nitrogen and oxygen atoms in total. The zero-order valence-electron chi connectivity index (χ0n) is 10.2. The molecule has 1 aromatic carbocycles. The van der Waals surface area contributed by atoms with Crippen molar-refractivity contribution in [2.45, 2.75) is 6.54 Å². The summed E-state index contributed by atoms with van der Waals surface area (Å²) in [5, 5.41) is 0. The number of likely N-dealkylation sites (N-methyl/N-ethyl adjacent to an activating group) is 1. The summed E-state index contributed by atoms with van der Waals surface area (Å²) < 4.78 is 0. The Bertz CT molecular complexity index is 536. The van der Waals surface area contributed by atoms with Crippen LogP contribution in [0.5, 0.6) is 0 Å². The first-order chi connectivity index (χ1) is 8.66. The van der Waals surface area contributed by atoms with Crippen molar-refractivity contribution in [3.63, 3.8) is 0 Å². The molecule has 1 unspecified atom stereocenters. The molecule has 0 aliphatic carbocycles. The molecule has 0 bridgehead atoms. The number of likely N-dealkylation sites (tertiary alicyclic amines) is 1. The molecule has 0 N–H and O–H groups in total. The summed E-state index contributed by atoms with van der Waals surface area (Å²) in [5.41, 5.74) is 1.82. The first-order valence-corrected chi connectivity index (χ1v) is 5.98. The average molecular weight is 242 g/mol. The monoisotopic (exact) mass is 242 g/mol. The molecule has 1 fully saturated rings. The third kappa shape index (κ3) is 1.61. The van der Waals surface area contributed by atoms with Crippen LogP contribution in [0.1, 0.15) is 5.56 Å². The lowest BCUT2D eigenvalue weighted by atomic mass is 10.1. The summed E-state index contributed by atoms with van der Waals surface area (Å²) >= 11 is 0. The van der Waals surface area contributed by atoms with E-state index in [1.165, 1.54) is 10.5 Å². The lowest BCUT2D eigenvalue weighted by molar-refractivity contribution is -0.137. The predicted octanol–water partition coefficient (Wildman–Crippen LogP) is 1.00. The Balaban J connectivity index is 1.79. The second-order valence-corrected chi connectivity index (χ2v) is 4.75. The van der Waals surface area contributed by atoms with E-state index < -0.39 is 0 Å². The van der Waals surface area contributed by atoms with E-state index in [2.05, 4.69) is 0 Å². The maximum Gasteiger partial charge on any atom is 0.258 e. The standard InChI is InChI=1S/C14H14N2O2/c1-15-13(17)11-8-16(9-12(11)14(15)18)7-10-5-3-2-4-6-10/h2-6,8,12H,7,9H2,1H3. The van der Waals surface area contributed by atoms with E-state index in [0.29, 0.717) is 12.1 Å². The Labute approximate surface area is 105 Å². The van der Waals surface area contributed by atoms with Crippen LogP contribution in [0.3, 0.4) is 0 Å². The van der Waals surface area contributed by atoms with E-state index in [4.69, 9.17) is 0 Å². The van der Waals surface area contributed by atoms with Crippen LogP contribution < -0.4 is 0 Å². The number of hydrogen-bond acceptors (Lipinski definition) is 3. The van der Waals surface area contributed by atoms with Crippen molar-refractivity contribution in [1.82, 2.24) is 9.80 Å². The maximum absolute atomic E-state index is 11.8. The van der Waals surface area contributed by atoms with Crippen molar-refractivity contribution in [2.75, 3.05) is 13.6 Å². The Morgan fingerprint density at radius 1 is 1.22 bits per heavy atom. The van der Waals surface area contributed by atoms with E-state index in [9.17, 15) is 9.59 Å². The molecule has 0 aromatic heterocycles. The van der Waals surface area contributed by atoms with Crippen molar-refractivity contribution in [2.24, 2.45) is 5.92 Å². The molecule has 2 aliphatic rings. The van der Waals surface area contributed by atoms with Crippen LogP contribution in [0.25, 0.3) is 0 Å². The fourth-order valence-electron chi connectivity index (χ4n) is 2.54. The van der Waals surface area contributed by atoms with Crippen LogP contribution in [0, 0.1) is 5.92 Å². The van der Waals surface area contributed by atoms with E-state index >= 15 is 0 Å². The highest BCUT2D eigenvalue weighted by Gasteiger charge is 2.45. The van der Waals surface area contributed by atoms with Crippen LogP contribution >= 0.6 is 0 Å². The molecule has 1 aromatic rings. The quantitative estimate of drug-likeness (QED) is 0.726. The summed E-state index contributed by atoms with van der Waals surface area (Å²) in [6, 6.07) is 10.0. The van der Waals surface area contributed by atoms with E-state index in [0.717, 1.165) is 6.54 Å². The highest BCUT2D eigenvalue weighted by molar-refractivity contribution is 6.15. The maximum atomic E-state index is 11.8. The SMILES string of the molecule is CN1C(=O)C2=CN(Cc3ccccc3)CC2C1=O. The fourth-order valence-corrected chi connectivity index (χ4v) is 2.54. The van der Waals surface area contributed by atoms with Gasteiger partial charge < -0.3 is 4.90 Å². The number of benzene rings is 1. The molecule has 4 heteroatoms. The van der Waals surface area contributed by atoms with Gasteiger partial charge in [0.15, 0.2) is 0 Å². The van der Waals surface area contributed by atoms with Gasteiger partial charge in [-0.15, -0.1) is 0 Å². The number of fused-ring (bicyclic) bond motifs is 1. The molecule has 18 heavy (non-hydrogen) atoms. The molecule has 92 valence electrons. The highest BCUT2D eigenvalue weighted by atomic mass is 16.2. The normalized spacial score (nSPS) is 22.5. The van der Waals surface area contributed by atoms with Gasteiger partial charge in [-0.1, -0.05) is 30.3 Å². The minimum Gasteiger partial charge on any atom is -0.371 e. The topological polar surface area (TPSA) is 40.6 Å². The van der Waals surface area contributed by atoms with Crippen molar-refractivity contribution >= 4 is 11.8 Å². The molecular weight excluding hydrogens is 228 g/mol. The van der Waals surface area contributed by atoms with Gasteiger partial charge in [-0.3, -0.25) is 14.5 Å². The van der Waals surface area contributed by atoms with E-state index in [1.54, 1.807) is 7.05 Å². The number of carbonyl (C=O) groups is 2. The number of hydrogen-bond donors (Lipinski definition) is 0. The Kier molecular flexibility index (Phi) is 2.44. The third-order valence-corrected chi connectivity index (χ3v) is 3.52. The third-order valence-electron chi connectivity index (χ3n) is 3.52. The van der Waals surface area contributed by atoms with Crippen LogP contribution in [0.4, 0.5) is 0 Å². The van der Waals surface area contributed by atoms with Crippen LogP contribution in [-0.4, -0.2) is 35.2 Å². The largest absolute Gasteiger partial charge is 0.371 e. The van der Waals surface area contributed by atoms with Crippen molar-refractivity contribution in [3.05, 3.63) is 47.7 Å². The lowest BCUT2D eigenvalue weighted by Crippen LogP contribution is -2.30.